The zero-order valence-electron chi connectivity index (χ0n) is 16.0. The summed E-state index contributed by atoms with van der Waals surface area (Å²) in [7, 11) is 0. The van der Waals surface area contributed by atoms with Gasteiger partial charge in [-0.2, -0.15) is 0 Å². The number of thiophene rings is 1. The SMILES string of the molecule is Cc1cc(C)c(NC(=O)C(C)Sc2ncnc3sc4c(c23)CCC4)c(C)c1. The second kappa shape index (κ2) is 7.24. The fraction of sp³-hybridized carbons (Fsp3) is 0.381. The van der Waals surface area contributed by atoms with Crippen LogP contribution in [0.1, 0.15) is 40.5 Å². The van der Waals surface area contributed by atoms with Crippen LogP contribution in [0.2, 0.25) is 0 Å². The van der Waals surface area contributed by atoms with Gasteiger partial charge in [0.15, 0.2) is 0 Å². The van der Waals surface area contributed by atoms with E-state index in [-0.39, 0.29) is 11.2 Å². The van der Waals surface area contributed by atoms with Crippen LogP contribution in [0.4, 0.5) is 5.69 Å². The number of benzene rings is 1. The normalized spacial score (nSPS) is 14.4. The van der Waals surface area contributed by atoms with Gasteiger partial charge in [0.25, 0.3) is 0 Å². The lowest BCUT2D eigenvalue weighted by Gasteiger charge is -2.16. The standard InChI is InChI=1S/C21H23N3OS2/c1-11-8-12(2)18(13(3)9-11)24-19(25)14(4)26-20-17-15-6-5-7-16(15)27-21(17)23-10-22-20/h8-10,14H,5-7H2,1-4H3,(H,24,25). The first-order chi connectivity index (χ1) is 12.9. The summed E-state index contributed by atoms with van der Waals surface area (Å²) >= 11 is 3.31. The van der Waals surface area contributed by atoms with Gasteiger partial charge in [-0.05, 0) is 63.6 Å². The minimum Gasteiger partial charge on any atom is -0.325 e. The molecule has 1 aliphatic rings. The predicted molar refractivity (Wildman–Crippen MR) is 114 cm³/mol. The molecule has 3 aromatic rings. The van der Waals surface area contributed by atoms with Gasteiger partial charge in [-0.3, -0.25) is 4.79 Å². The maximum atomic E-state index is 12.8. The summed E-state index contributed by atoms with van der Waals surface area (Å²) in [5, 5.41) is 4.98. The molecule has 1 N–H and O–H groups in total. The number of hydrogen-bond acceptors (Lipinski definition) is 5. The zero-order valence-corrected chi connectivity index (χ0v) is 17.7. The monoisotopic (exact) mass is 397 g/mol. The van der Waals surface area contributed by atoms with Gasteiger partial charge >= 0.3 is 0 Å². The summed E-state index contributed by atoms with van der Waals surface area (Å²) in [6, 6.07) is 4.20. The Kier molecular flexibility index (Phi) is 4.95. The molecule has 0 spiro atoms. The molecule has 140 valence electrons. The molecule has 1 atom stereocenters. The first-order valence-electron chi connectivity index (χ1n) is 9.24. The Balaban J connectivity index is 1.57. The summed E-state index contributed by atoms with van der Waals surface area (Å²) in [6.45, 7) is 8.09. The van der Waals surface area contributed by atoms with Crippen LogP contribution < -0.4 is 5.32 Å². The van der Waals surface area contributed by atoms with Crippen LogP contribution in [0.5, 0.6) is 0 Å². The molecule has 0 saturated heterocycles. The summed E-state index contributed by atoms with van der Waals surface area (Å²) in [6.07, 6.45) is 5.06. The molecule has 0 radical (unpaired) electrons. The molecule has 0 aliphatic heterocycles. The van der Waals surface area contributed by atoms with Crippen molar-refractivity contribution < 1.29 is 4.79 Å². The van der Waals surface area contributed by atoms with Crippen LogP contribution >= 0.6 is 23.1 Å². The smallest absolute Gasteiger partial charge is 0.237 e. The molecule has 1 unspecified atom stereocenters. The van der Waals surface area contributed by atoms with Crippen LogP contribution in [0.3, 0.4) is 0 Å². The molecule has 2 heterocycles. The molecule has 4 nitrogen and oxygen atoms in total. The molecule has 1 aliphatic carbocycles. The number of rotatable bonds is 4. The Bertz CT molecular complexity index is 1020. The zero-order chi connectivity index (χ0) is 19.1. The first kappa shape index (κ1) is 18.4. The maximum absolute atomic E-state index is 12.8. The highest BCUT2D eigenvalue weighted by atomic mass is 32.2. The van der Waals surface area contributed by atoms with Crippen molar-refractivity contribution in [2.45, 2.75) is 57.2 Å². The largest absolute Gasteiger partial charge is 0.325 e. The summed E-state index contributed by atoms with van der Waals surface area (Å²) in [4.78, 5) is 24.3. The second-order valence-electron chi connectivity index (χ2n) is 7.24. The fourth-order valence-corrected chi connectivity index (χ4v) is 6.05. The highest BCUT2D eigenvalue weighted by molar-refractivity contribution is 8.00. The van der Waals surface area contributed by atoms with Gasteiger partial charge in [0.1, 0.15) is 16.2 Å². The summed E-state index contributed by atoms with van der Waals surface area (Å²) < 4.78 is 0. The van der Waals surface area contributed by atoms with E-state index in [1.54, 1.807) is 17.7 Å². The van der Waals surface area contributed by atoms with Crippen molar-refractivity contribution in [2.24, 2.45) is 0 Å². The average Bonchev–Trinajstić information content (AvgIpc) is 3.18. The molecule has 0 saturated carbocycles. The van der Waals surface area contributed by atoms with E-state index in [1.165, 1.54) is 39.6 Å². The third-order valence-electron chi connectivity index (χ3n) is 5.05. The van der Waals surface area contributed by atoms with Crippen LogP contribution in [0.25, 0.3) is 10.2 Å². The minimum absolute atomic E-state index is 0.00805. The van der Waals surface area contributed by atoms with E-state index in [2.05, 4.69) is 34.3 Å². The highest BCUT2D eigenvalue weighted by Crippen LogP contribution is 2.41. The van der Waals surface area contributed by atoms with Gasteiger partial charge < -0.3 is 5.32 Å². The van der Waals surface area contributed by atoms with E-state index in [1.807, 2.05) is 20.8 Å². The third kappa shape index (κ3) is 3.48. The number of carbonyl (C=O) groups is 1. The number of nitrogens with one attached hydrogen (secondary N) is 1. The van der Waals surface area contributed by atoms with Crippen LogP contribution in [0, 0.1) is 20.8 Å². The van der Waals surface area contributed by atoms with Gasteiger partial charge in [-0.1, -0.05) is 29.5 Å². The third-order valence-corrected chi connectivity index (χ3v) is 7.35. The Labute approximate surface area is 167 Å². The Morgan fingerprint density at radius 2 is 1.93 bits per heavy atom. The van der Waals surface area contributed by atoms with E-state index in [9.17, 15) is 4.79 Å². The van der Waals surface area contributed by atoms with Gasteiger partial charge in [-0.25, -0.2) is 9.97 Å². The number of nitrogens with zero attached hydrogens (tertiary/aromatic N) is 2. The van der Waals surface area contributed by atoms with Gasteiger partial charge in [-0.15, -0.1) is 11.3 Å². The lowest BCUT2D eigenvalue weighted by molar-refractivity contribution is -0.115. The quantitative estimate of drug-likeness (QED) is 0.484. The van der Waals surface area contributed by atoms with Crippen molar-refractivity contribution in [3.8, 4) is 0 Å². The van der Waals surface area contributed by atoms with E-state index in [0.29, 0.717) is 0 Å². The molecular weight excluding hydrogens is 374 g/mol. The lowest BCUT2D eigenvalue weighted by Crippen LogP contribution is -2.23. The van der Waals surface area contributed by atoms with Crippen molar-refractivity contribution >= 4 is 44.9 Å². The average molecular weight is 398 g/mol. The molecular formula is C21H23N3OS2. The Morgan fingerprint density at radius 1 is 1.19 bits per heavy atom. The highest BCUT2D eigenvalue weighted by Gasteiger charge is 2.24. The number of fused-ring (bicyclic) bond motifs is 3. The van der Waals surface area contributed by atoms with E-state index < -0.39 is 0 Å². The number of hydrogen-bond donors (Lipinski definition) is 1. The van der Waals surface area contributed by atoms with Crippen molar-refractivity contribution in [3.63, 3.8) is 0 Å². The Hall–Kier alpha value is -1.92. The molecule has 1 aromatic carbocycles. The van der Waals surface area contributed by atoms with Crippen molar-refractivity contribution in [1.82, 2.24) is 9.97 Å². The lowest BCUT2D eigenvalue weighted by atomic mass is 10.1. The van der Waals surface area contributed by atoms with Crippen molar-refractivity contribution in [1.29, 1.82) is 0 Å². The second-order valence-corrected chi connectivity index (χ2v) is 9.65. The summed E-state index contributed by atoms with van der Waals surface area (Å²) in [5.74, 6) is 0.00805. The number of carbonyl (C=O) groups excluding carboxylic acids is 1. The number of aromatic nitrogens is 2. The molecule has 4 rings (SSSR count). The predicted octanol–water partition coefficient (Wildman–Crippen LogP) is 5.22. The minimum atomic E-state index is -0.236. The molecule has 6 heteroatoms. The number of aryl methyl sites for hydroxylation is 5. The number of amides is 1. The van der Waals surface area contributed by atoms with Crippen LogP contribution in [-0.4, -0.2) is 21.1 Å². The van der Waals surface area contributed by atoms with E-state index in [0.717, 1.165) is 39.5 Å². The van der Waals surface area contributed by atoms with Gasteiger partial charge in [0, 0.05) is 16.0 Å². The Morgan fingerprint density at radius 3 is 2.67 bits per heavy atom. The topological polar surface area (TPSA) is 54.9 Å². The molecule has 0 bridgehead atoms. The number of thioether (sulfide) groups is 1. The molecule has 1 amide bonds. The number of anilines is 1. The van der Waals surface area contributed by atoms with Crippen molar-refractivity contribution in [2.75, 3.05) is 5.32 Å². The first-order valence-corrected chi connectivity index (χ1v) is 10.9. The molecule has 0 fully saturated rings. The molecule has 27 heavy (non-hydrogen) atoms. The van der Waals surface area contributed by atoms with Gasteiger partial charge in [0.05, 0.1) is 5.25 Å². The van der Waals surface area contributed by atoms with Crippen LogP contribution in [0.15, 0.2) is 23.5 Å². The van der Waals surface area contributed by atoms with E-state index >= 15 is 0 Å². The van der Waals surface area contributed by atoms with Gasteiger partial charge in [0.2, 0.25) is 5.91 Å². The summed E-state index contributed by atoms with van der Waals surface area (Å²) in [5.41, 5.74) is 5.72. The fourth-order valence-electron chi connectivity index (χ4n) is 3.81. The van der Waals surface area contributed by atoms with E-state index in [4.69, 9.17) is 0 Å². The maximum Gasteiger partial charge on any atom is 0.237 e. The van der Waals surface area contributed by atoms with Crippen LogP contribution in [-0.2, 0) is 17.6 Å². The van der Waals surface area contributed by atoms with Crippen molar-refractivity contribution in [3.05, 3.63) is 45.6 Å². The molecule has 2 aromatic heterocycles.